The van der Waals surface area contributed by atoms with Gasteiger partial charge in [-0.05, 0) is 29.8 Å². The first kappa shape index (κ1) is 23.0. The summed E-state index contributed by atoms with van der Waals surface area (Å²) in [5.41, 5.74) is 1.53. The highest BCUT2D eigenvalue weighted by Crippen LogP contribution is 2.22. The van der Waals surface area contributed by atoms with Gasteiger partial charge in [-0.25, -0.2) is 8.42 Å². The molecule has 1 aliphatic heterocycles. The van der Waals surface area contributed by atoms with E-state index in [1.54, 1.807) is 36.4 Å². The van der Waals surface area contributed by atoms with Crippen LogP contribution in [0.2, 0.25) is 0 Å². The fraction of sp³-hybridized carbons (Fsp3) is 0.240. The van der Waals surface area contributed by atoms with E-state index in [0.717, 1.165) is 11.1 Å². The molecule has 1 fully saturated rings. The maximum absolute atomic E-state index is 13.0. The number of para-hydroxylation sites is 1. The Morgan fingerprint density at radius 2 is 1.52 bits per heavy atom. The number of rotatable bonds is 8. The first-order valence-electron chi connectivity index (χ1n) is 10.8. The molecular formula is C25H26N2O5S. The molecule has 0 aromatic heterocycles. The van der Waals surface area contributed by atoms with Crippen molar-refractivity contribution in [2.75, 3.05) is 26.3 Å². The zero-order chi connectivity index (χ0) is 23.1. The van der Waals surface area contributed by atoms with Crippen molar-refractivity contribution in [1.29, 1.82) is 0 Å². The zero-order valence-corrected chi connectivity index (χ0v) is 18.9. The molecule has 0 saturated carbocycles. The van der Waals surface area contributed by atoms with E-state index in [-0.39, 0.29) is 17.3 Å². The third kappa shape index (κ3) is 5.78. The minimum atomic E-state index is -3.55. The number of carbonyl (C=O) groups excluding carboxylic acids is 1. The Kier molecular flexibility index (Phi) is 7.39. The second kappa shape index (κ2) is 10.6. The number of sulfonamides is 1. The van der Waals surface area contributed by atoms with Gasteiger partial charge in [0.05, 0.1) is 18.1 Å². The van der Waals surface area contributed by atoms with Crippen LogP contribution in [0.15, 0.2) is 89.8 Å². The number of benzene rings is 3. The SMILES string of the molecule is O=C(NCc1ccc(S(=O)(=O)N2CCOCC2)cc1)C(Oc1ccccc1)c1ccccc1. The normalized spacial score (nSPS) is 15.5. The molecule has 0 spiro atoms. The zero-order valence-electron chi connectivity index (χ0n) is 18.1. The van der Waals surface area contributed by atoms with E-state index in [1.807, 2.05) is 48.5 Å². The van der Waals surface area contributed by atoms with Gasteiger partial charge in [0.2, 0.25) is 16.1 Å². The molecule has 1 amide bonds. The van der Waals surface area contributed by atoms with Gasteiger partial charge in [0.15, 0.2) is 0 Å². The Morgan fingerprint density at radius 1 is 0.909 bits per heavy atom. The van der Waals surface area contributed by atoms with E-state index in [1.165, 1.54) is 4.31 Å². The monoisotopic (exact) mass is 466 g/mol. The van der Waals surface area contributed by atoms with Crippen LogP contribution in [0.4, 0.5) is 0 Å². The number of morpholine rings is 1. The van der Waals surface area contributed by atoms with Gasteiger partial charge in [-0.15, -0.1) is 0 Å². The highest BCUT2D eigenvalue weighted by molar-refractivity contribution is 7.89. The average Bonchev–Trinajstić information content (AvgIpc) is 2.88. The average molecular weight is 467 g/mol. The molecule has 1 N–H and O–H groups in total. The highest BCUT2D eigenvalue weighted by Gasteiger charge is 2.26. The molecule has 3 aromatic rings. The van der Waals surface area contributed by atoms with Crippen LogP contribution >= 0.6 is 0 Å². The molecule has 172 valence electrons. The Bertz CT molecular complexity index is 1150. The summed E-state index contributed by atoms with van der Waals surface area (Å²) in [7, 11) is -3.55. The van der Waals surface area contributed by atoms with E-state index >= 15 is 0 Å². The third-order valence-electron chi connectivity index (χ3n) is 5.34. The predicted octanol–water partition coefficient (Wildman–Crippen LogP) is 3.14. The number of hydrogen-bond acceptors (Lipinski definition) is 5. The van der Waals surface area contributed by atoms with Crippen LogP contribution in [0.25, 0.3) is 0 Å². The maximum Gasteiger partial charge on any atom is 0.266 e. The van der Waals surface area contributed by atoms with Crippen LogP contribution in [-0.2, 0) is 26.1 Å². The van der Waals surface area contributed by atoms with Crippen LogP contribution in [0.5, 0.6) is 5.75 Å². The molecule has 1 atom stereocenters. The summed E-state index contributed by atoms with van der Waals surface area (Å²) in [5, 5.41) is 2.90. The van der Waals surface area contributed by atoms with Gasteiger partial charge < -0.3 is 14.8 Å². The van der Waals surface area contributed by atoms with Gasteiger partial charge in [0, 0.05) is 25.2 Å². The molecule has 1 heterocycles. The van der Waals surface area contributed by atoms with E-state index in [0.29, 0.717) is 32.1 Å². The summed E-state index contributed by atoms with van der Waals surface area (Å²) in [6.45, 7) is 1.75. The quantitative estimate of drug-likeness (QED) is 0.551. The first-order chi connectivity index (χ1) is 16.0. The summed E-state index contributed by atoms with van der Waals surface area (Å²) in [6.07, 6.45) is -0.811. The van der Waals surface area contributed by atoms with Crippen LogP contribution in [0.1, 0.15) is 17.2 Å². The molecule has 8 heteroatoms. The molecule has 1 saturated heterocycles. The van der Waals surface area contributed by atoms with Crippen LogP contribution in [0, 0.1) is 0 Å². The lowest BCUT2D eigenvalue weighted by atomic mass is 10.1. The van der Waals surface area contributed by atoms with Crippen LogP contribution in [0.3, 0.4) is 0 Å². The molecule has 1 aliphatic rings. The maximum atomic E-state index is 13.0. The molecule has 3 aromatic carbocycles. The predicted molar refractivity (Wildman–Crippen MR) is 124 cm³/mol. The molecule has 0 aliphatic carbocycles. The topological polar surface area (TPSA) is 84.9 Å². The van der Waals surface area contributed by atoms with Gasteiger partial charge in [-0.3, -0.25) is 4.79 Å². The van der Waals surface area contributed by atoms with Crippen LogP contribution < -0.4 is 10.1 Å². The second-order valence-corrected chi connectivity index (χ2v) is 9.54. The van der Waals surface area contributed by atoms with Crippen molar-refractivity contribution in [3.8, 4) is 5.75 Å². The molecule has 7 nitrogen and oxygen atoms in total. The summed E-state index contributed by atoms with van der Waals surface area (Å²) >= 11 is 0. The van der Waals surface area contributed by atoms with Gasteiger partial charge in [0.25, 0.3) is 5.91 Å². The van der Waals surface area contributed by atoms with Crippen molar-refractivity contribution >= 4 is 15.9 Å². The lowest BCUT2D eigenvalue weighted by Gasteiger charge is -2.26. The Labute approximate surface area is 194 Å². The van der Waals surface area contributed by atoms with Crippen molar-refractivity contribution in [2.24, 2.45) is 0 Å². The number of ether oxygens (including phenoxy) is 2. The Morgan fingerprint density at radius 3 is 2.15 bits per heavy atom. The minimum Gasteiger partial charge on any atom is -0.476 e. The number of hydrogen-bond donors (Lipinski definition) is 1. The van der Waals surface area contributed by atoms with Gasteiger partial charge in [-0.2, -0.15) is 4.31 Å². The van der Waals surface area contributed by atoms with E-state index in [9.17, 15) is 13.2 Å². The van der Waals surface area contributed by atoms with Crippen molar-refractivity contribution in [3.63, 3.8) is 0 Å². The molecule has 33 heavy (non-hydrogen) atoms. The van der Waals surface area contributed by atoms with E-state index in [4.69, 9.17) is 9.47 Å². The lowest BCUT2D eigenvalue weighted by Crippen LogP contribution is -2.40. The van der Waals surface area contributed by atoms with Crippen molar-refractivity contribution < 1.29 is 22.7 Å². The largest absolute Gasteiger partial charge is 0.476 e. The first-order valence-corrected chi connectivity index (χ1v) is 12.2. The third-order valence-corrected chi connectivity index (χ3v) is 7.25. The Balaban J connectivity index is 1.43. The van der Waals surface area contributed by atoms with E-state index in [2.05, 4.69) is 5.32 Å². The summed E-state index contributed by atoms with van der Waals surface area (Å²) in [5.74, 6) is 0.314. The second-order valence-electron chi connectivity index (χ2n) is 7.60. The fourth-order valence-electron chi connectivity index (χ4n) is 3.53. The van der Waals surface area contributed by atoms with Gasteiger partial charge in [-0.1, -0.05) is 60.7 Å². The number of amides is 1. The van der Waals surface area contributed by atoms with Gasteiger partial charge in [0.1, 0.15) is 5.75 Å². The molecule has 4 rings (SSSR count). The van der Waals surface area contributed by atoms with E-state index < -0.39 is 16.1 Å². The van der Waals surface area contributed by atoms with Gasteiger partial charge >= 0.3 is 0 Å². The summed E-state index contributed by atoms with van der Waals surface area (Å²) < 4.78 is 38.2. The van der Waals surface area contributed by atoms with Crippen molar-refractivity contribution in [1.82, 2.24) is 9.62 Å². The smallest absolute Gasteiger partial charge is 0.266 e. The minimum absolute atomic E-state index is 0.231. The standard InChI is InChI=1S/C25H26N2O5S/c28-25(24(21-7-3-1-4-8-21)32-22-9-5-2-6-10-22)26-19-20-11-13-23(14-12-20)33(29,30)27-15-17-31-18-16-27/h1-14,24H,15-19H2,(H,26,28). The lowest BCUT2D eigenvalue weighted by molar-refractivity contribution is -0.128. The number of nitrogens with one attached hydrogen (secondary N) is 1. The summed E-state index contributed by atoms with van der Waals surface area (Å²) in [4.78, 5) is 13.2. The molecule has 0 bridgehead atoms. The number of carbonyl (C=O) groups is 1. The molecule has 1 unspecified atom stereocenters. The van der Waals surface area contributed by atoms with Crippen LogP contribution in [-0.4, -0.2) is 44.9 Å². The Hall–Kier alpha value is -3.20. The summed E-state index contributed by atoms with van der Waals surface area (Å²) in [6, 6.07) is 25.0. The molecule has 0 radical (unpaired) electrons. The number of nitrogens with zero attached hydrogens (tertiary/aromatic N) is 1. The fourth-order valence-corrected chi connectivity index (χ4v) is 4.94. The van der Waals surface area contributed by atoms with Crippen molar-refractivity contribution in [2.45, 2.75) is 17.5 Å². The highest BCUT2D eigenvalue weighted by atomic mass is 32.2. The van der Waals surface area contributed by atoms with Crippen molar-refractivity contribution in [3.05, 3.63) is 96.1 Å². The molecular weight excluding hydrogens is 440 g/mol.